The van der Waals surface area contributed by atoms with Gasteiger partial charge >= 0.3 is 0 Å². The summed E-state index contributed by atoms with van der Waals surface area (Å²) < 4.78 is 0.465. The van der Waals surface area contributed by atoms with Gasteiger partial charge in [0.05, 0.1) is 0 Å². The Morgan fingerprint density at radius 1 is 1.62 bits per heavy atom. The number of hydrazine groups is 1. The van der Waals surface area contributed by atoms with E-state index >= 15 is 0 Å². The third-order valence-corrected chi connectivity index (χ3v) is 4.68. The van der Waals surface area contributed by atoms with E-state index < -0.39 is 0 Å². The number of carbonyl (C=O) groups excluding carboxylic acids is 1. The van der Waals surface area contributed by atoms with Crippen LogP contribution in [0.25, 0.3) is 0 Å². The van der Waals surface area contributed by atoms with Gasteiger partial charge in [0.25, 0.3) is 0 Å². The van der Waals surface area contributed by atoms with Crippen LogP contribution in [0.3, 0.4) is 0 Å². The summed E-state index contributed by atoms with van der Waals surface area (Å²) in [5.74, 6) is 0.0178. The van der Waals surface area contributed by atoms with Gasteiger partial charge in [-0.3, -0.25) is 4.79 Å². The average Bonchev–Trinajstić information content (AvgIpc) is 2.41. The summed E-state index contributed by atoms with van der Waals surface area (Å²) >= 11 is 3.70. The molecule has 0 radical (unpaired) electrons. The minimum absolute atomic E-state index is 0.0178. The smallest absolute Gasteiger partial charge is 0.218 e. The number of rotatable bonds is 1. The standard InChI is InChI=1S/C7H13N3OS2/c1-4-3-10-7(12-4)13-6(9-10)8-5(2)11/h4,6-7,9H,3H2,1-2H3,(H,8,11). The van der Waals surface area contributed by atoms with Crippen molar-refractivity contribution in [3.05, 3.63) is 0 Å². The van der Waals surface area contributed by atoms with Crippen LogP contribution in [0.4, 0.5) is 0 Å². The van der Waals surface area contributed by atoms with E-state index in [1.807, 2.05) is 11.8 Å². The molecule has 0 bridgehead atoms. The van der Waals surface area contributed by atoms with Gasteiger partial charge in [-0.15, -0.1) is 11.8 Å². The Morgan fingerprint density at radius 3 is 3.00 bits per heavy atom. The summed E-state index contributed by atoms with van der Waals surface area (Å²) in [4.78, 5) is 10.8. The van der Waals surface area contributed by atoms with E-state index in [9.17, 15) is 4.79 Å². The summed E-state index contributed by atoms with van der Waals surface area (Å²) in [5, 5.41) is 5.72. The van der Waals surface area contributed by atoms with Crippen LogP contribution in [-0.4, -0.2) is 32.9 Å². The number of nitrogens with zero attached hydrogens (tertiary/aromatic N) is 1. The molecule has 2 aliphatic heterocycles. The van der Waals surface area contributed by atoms with Crippen molar-refractivity contribution in [1.29, 1.82) is 0 Å². The molecule has 0 spiro atoms. The molecule has 0 aromatic carbocycles. The van der Waals surface area contributed by atoms with E-state index in [0.29, 0.717) is 9.96 Å². The largest absolute Gasteiger partial charge is 0.331 e. The fourth-order valence-electron chi connectivity index (χ4n) is 1.45. The summed E-state index contributed by atoms with van der Waals surface area (Å²) in [6.45, 7) is 4.82. The molecule has 0 aromatic heterocycles. The van der Waals surface area contributed by atoms with Crippen LogP contribution in [0.15, 0.2) is 0 Å². The fraction of sp³-hybridized carbons (Fsp3) is 0.857. The van der Waals surface area contributed by atoms with Crippen LogP contribution in [0, 0.1) is 0 Å². The molecule has 1 amide bonds. The number of amides is 1. The molecule has 6 heteroatoms. The van der Waals surface area contributed by atoms with Gasteiger partial charge in [-0.25, -0.2) is 10.4 Å². The molecule has 3 unspecified atom stereocenters. The van der Waals surface area contributed by atoms with Gasteiger partial charge in [-0.2, -0.15) is 0 Å². The fourth-order valence-corrected chi connectivity index (χ4v) is 4.50. The highest BCUT2D eigenvalue weighted by Gasteiger charge is 2.39. The highest BCUT2D eigenvalue weighted by atomic mass is 32.2. The molecule has 2 rings (SSSR count). The maximum absolute atomic E-state index is 10.8. The van der Waals surface area contributed by atoms with Crippen LogP contribution < -0.4 is 10.7 Å². The number of hydrogen-bond acceptors (Lipinski definition) is 5. The second-order valence-corrected chi connectivity index (χ2v) is 6.26. The summed E-state index contributed by atoms with van der Waals surface area (Å²) in [6.07, 6.45) is 0. The Labute approximate surface area is 86.2 Å². The Balaban J connectivity index is 1.86. The molecule has 0 aromatic rings. The van der Waals surface area contributed by atoms with Crippen molar-refractivity contribution in [3.63, 3.8) is 0 Å². The van der Waals surface area contributed by atoms with Crippen molar-refractivity contribution in [3.8, 4) is 0 Å². The van der Waals surface area contributed by atoms with Crippen LogP contribution in [0.2, 0.25) is 0 Å². The highest BCUT2D eigenvalue weighted by Crippen LogP contribution is 2.41. The number of nitrogens with one attached hydrogen (secondary N) is 2. The Bertz CT molecular complexity index is 212. The lowest BCUT2D eigenvalue weighted by Gasteiger charge is -2.14. The van der Waals surface area contributed by atoms with Gasteiger partial charge in [-0.1, -0.05) is 18.7 Å². The topological polar surface area (TPSA) is 44.4 Å². The molecule has 2 heterocycles. The molecule has 0 saturated carbocycles. The Morgan fingerprint density at radius 2 is 2.38 bits per heavy atom. The molecule has 2 saturated heterocycles. The molecule has 74 valence electrons. The van der Waals surface area contributed by atoms with Crippen molar-refractivity contribution >= 4 is 29.4 Å². The van der Waals surface area contributed by atoms with E-state index in [1.54, 1.807) is 18.7 Å². The second kappa shape index (κ2) is 3.68. The normalized spacial score (nSPS) is 39.1. The third-order valence-electron chi connectivity index (χ3n) is 1.93. The van der Waals surface area contributed by atoms with Gasteiger partial charge in [0, 0.05) is 18.7 Å². The highest BCUT2D eigenvalue weighted by molar-refractivity contribution is 8.17. The molecular weight excluding hydrogens is 206 g/mol. The van der Waals surface area contributed by atoms with Crippen LogP contribution >= 0.6 is 23.5 Å². The first-order valence-electron chi connectivity index (χ1n) is 4.26. The second-order valence-electron chi connectivity index (χ2n) is 3.25. The molecule has 2 fully saturated rings. The lowest BCUT2D eigenvalue weighted by atomic mass is 10.5. The van der Waals surface area contributed by atoms with Gasteiger partial charge in [0.15, 0.2) is 0 Å². The number of carbonyl (C=O) groups is 1. The Hall–Kier alpha value is 0.0900. The van der Waals surface area contributed by atoms with E-state index in [-0.39, 0.29) is 11.4 Å². The first-order chi connectivity index (χ1) is 6.15. The van der Waals surface area contributed by atoms with Crippen molar-refractivity contribution in [2.24, 2.45) is 0 Å². The third kappa shape index (κ3) is 2.12. The van der Waals surface area contributed by atoms with E-state index in [4.69, 9.17) is 0 Å². The first-order valence-corrected chi connectivity index (χ1v) is 6.14. The number of thioether (sulfide) groups is 2. The number of hydrogen-bond donors (Lipinski definition) is 2. The number of fused-ring (bicyclic) bond motifs is 1. The summed E-state index contributed by atoms with van der Waals surface area (Å²) in [7, 11) is 0. The molecule has 2 aliphatic rings. The zero-order valence-electron chi connectivity index (χ0n) is 7.61. The van der Waals surface area contributed by atoms with Crippen molar-refractivity contribution in [1.82, 2.24) is 15.8 Å². The van der Waals surface area contributed by atoms with Gasteiger partial charge in [0.2, 0.25) is 5.91 Å². The molecule has 3 atom stereocenters. The molecular formula is C7H13N3OS2. The lowest BCUT2D eigenvalue weighted by molar-refractivity contribution is -0.119. The van der Waals surface area contributed by atoms with E-state index in [1.165, 1.54) is 0 Å². The van der Waals surface area contributed by atoms with Crippen LogP contribution in [0.5, 0.6) is 0 Å². The lowest BCUT2D eigenvalue weighted by Crippen LogP contribution is -2.44. The maximum Gasteiger partial charge on any atom is 0.218 e. The molecule has 4 nitrogen and oxygen atoms in total. The van der Waals surface area contributed by atoms with Gasteiger partial charge < -0.3 is 5.32 Å². The van der Waals surface area contributed by atoms with Crippen LogP contribution in [0.1, 0.15) is 13.8 Å². The zero-order chi connectivity index (χ0) is 9.42. The zero-order valence-corrected chi connectivity index (χ0v) is 9.24. The van der Waals surface area contributed by atoms with Crippen molar-refractivity contribution in [2.45, 2.75) is 29.3 Å². The minimum atomic E-state index is 0.0178. The van der Waals surface area contributed by atoms with Crippen molar-refractivity contribution in [2.75, 3.05) is 6.54 Å². The molecule has 13 heavy (non-hydrogen) atoms. The maximum atomic E-state index is 10.8. The predicted molar refractivity (Wildman–Crippen MR) is 55.9 cm³/mol. The Kier molecular flexibility index (Phi) is 2.73. The van der Waals surface area contributed by atoms with E-state index in [2.05, 4.69) is 22.7 Å². The van der Waals surface area contributed by atoms with Gasteiger partial charge in [-0.05, 0) is 0 Å². The summed E-state index contributed by atoms with van der Waals surface area (Å²) in [6, 6.07) is 0. The van der Waals surface area contributed by atoms with Crippen LogP contribution in [-0.2, 0) is 4.79 Å². The monoisotopic (exact) mass is 219 g/mol. The molecule has 2 N–H and O–H groups in total. The predicted octanol–water partition coefficient (Wildman–Crippen LogP) is 0.378. The van der Waals surface area contributed by atoms with Gasteiger partial charge in [0.1, 0.15) is 10.2 Å². The first kappa shape index (κ1) is 9.64. The quantitative estimate of drug-likeness (QED) is 0.667. The average molecular weight is 219 g/mol. The summed E-state index contributed by atoms with van der Waals surface area (Å²) in [5.41, 5.74) is 3.32. The van der Waals surface area contributed by atoms with E-state index in [0.717, 1.165) is 6.54 Å². The van der Waals surface area contributed by atoms with Crippen molar-refractivity contribution < 1.29 is 4.79 Å². The molecule has 0 aliphatic carbocycles. The minimum Gasteiger partial charge on any atom is -0.331 e. The SMILES string of the molecule is CC(=O)NC1NN2CC(C)SC2S1.